The molecule has 0 aliphatic carbocycles. The Bertz CT molecular complexity index is 1240. The van der Waals surface area contributed by atoms with E-state index >= 15 is 0 Å². The summed E-state index contributed by atoms with van der Waals surface area (Å²) in [5.74, 6) is 1.35. The maximum absolute atomic E-state index is 12.3. The molecular weight excluding hydrogens is 502 g/mol. The molecule has 1 N–H and O–H groups in total. The molecule has 4 aromatic rings. The van der Waals surface area contributed by atoms with E-state index in [0.717, 1.165) is 27.0 Å². The molecule has 33 heavy (non-hydrogen) atoms. The maximum atomic E-state index is 12.3. The number of hydrogen-bond acceptors (Lipinski definition) is 6. The number of benzene rings is 3. The monoisotopic (exact) mass is 521 g/mol. The number of carbonyl (C=O) groups excluding carboxylic acids is 1. The molecule has 0 radical (unpaired) electrons. The van der Waals surface area contributed by atoms with Crippen molar-refractivity contribution >= 4 is 39.8 Å². The summed E-state index contributed by atoms with van der Waals surface area (Å²) >= 11 is 4.68. The molecule has 166 valence electrons. The normalized spacial score (nSPS) is 11.0. The summed E-state index contributed by atoms with van der Waals surface area (Å²) in [5.41, 5.74) is 5.24. The van der Waals surface area contributed by atoms with Crippen molar-refractivity contribution in [2.75, 3.05) is 12.9 Å². The molecule has 1 heterocycles. The first-order valence-electron chi connectivity index (χ1n) is 9.99. The number of aromatic nitrogens is 3. The Labute approximate surface area is 204 Å². The molecule has 0 aliphatic rings. The standard InChI is InChI=1S/C24H20BrN5O2S/c1-32-21-13-9-18(10-14-21)23-28-29-24(30(23)20-5-3-2-4-6-20)33-16-22(31)27-26-15-17-7-11-19(25)12-8-17/h2-15H,16H2,1H3,(H,27,31)/b26-15+. The van der Waals surface area contributed by atoms with Crippen LogP contribution in [0, 0.1) is 0 Å². The quantitative estimate of drug-likeness (QED) is 0.201. The van der Waals surface area contributed by atoms with Crippen LogP contribution in [0.5, 0.6) is 5.75 Å². The van der Waals surface area contributed by atoms with Gasteiger partial charge in [0.05, 0.1) is 19.1 Å². The smallest absolute Gasteiger partial charge is 0.250 e. The van der Waals surface area contributed by atoms with Crippen LogP contribution >= 0.6 is 27.7 Å². The zero-order valence-corrected chi connectivity index (χ0v) is 20.1. The molecule has 1 amide bonds. The zero-order valence-electron chi connectivity index (χ0n) is 17.7. The van der Waals surface area contributed by atoms with Crippen molar-refractivity contribution in [1.29, 1.82) is 0 Å². The molecule has 3 aromatic carbocycles. The lowest BCUT2D eigenvalue weighted by molar-refractivity contribution is -0.118. The van der Waals surface area contributed by atoms with E-state index in [1.807, 2.05) is 83.4 Å². The van der Waals surface area contributed by atoms with Crippen LogP contribution in [-0.2, 0) is 4.79 Å². The Hall–Kier alpha value is -3.43. The minimum Gasteiger partial charge on any atom is -0.497 e. The van der Waals surface area contributed by atoms with E-state index < -0.39 is 0 Å². The minimum atomic E-state index is -0.234. The molecule has 0 bridgehead atoms. The topological polar surface area (TPSA) is 81.4 Å². The number of amides is 1. The fourth-order valence-electron chi connectivity index (χ4n) is 2.99. The lowest BCUT2D eigenvalue weighted by Crippen LogP contribution is -2.20. The second-order valence-electron chi connectivity index (χ2n) is 6.84. The van der Waals surface area contributed by atoms with Gasteiger partial charge in [-0.3, -0.25) is 9.36 Å². The van der Waals surface area contributed by atoms with Crippen LogP contribution in [0.3, 0.4) is 0 Å². The van der Waals surface area contributed by atoms with Crippen molar-refractivity contribution in [3.63, 3.8) is 0 Å². The van der Waals surface area contributed by atoms with Gasteiger partial charge in [-0.2, -0.15) is 5.10 Å². The highest BCUT2D eigenvalue weighted by Crippen LogP contribution is 2.28. The summed E-state index contributed by atoms with van der Waals surface area (Å²) in [7, 11) is 1.63. The number of methoxy groups -OCH3 is 1. The summed E-state index contributed by atoms with van der Waals surface area (Å²) in [6.45, 7) is 0. The number of para-hydroxylation sites is 1. The second kappa shape index (κ2) is 10.9. The third-order valence-corrected chi connectivity index (χ3v) is 6.06. The molecule has 1 aromatic heterocycles. The molecule has 7 nitrogen and oxygen atoms in total. The van der Waals surface area contributed by atoms with Crippen molar-refractivity contribution in [2.24, 2.45) is 5.10 Å². The molecule has 0 atom stereocenters. The summed E-state index contributed by atoms with van der Waals surface area (Å²) in [4.78, 5) is 12.3. The number of thioether (sulfide) groups is 1. The van der Waals surface area contributed by atoms with E-state index in [1.165, 1.54) is 11.8 Å². The number of rotatable bonds is 8. The maximum Gasteiger partial charge on any atom is 0.250 e. The third-order valence-electron chi connectivity index (χ3n) is 4.60. The van der Waals surface area contributed by atoms with Gasteiger partial charge in [0.15, 0.2) is 11.0 Å². The first-order chi connectivity index (χ1) is 16.1. The van der Waals surface area contributed by atoms with E-state index in [2.05, 4.69) is 36.7 Å². The number of ether oxygens (including phenoxy) is 1. The average molecular weight is 522 g/mol. The van der Waals surface area contributed by atoms with Gasteiger partial charge in [0.25, 0.3) is 5.91 Å². The van der Waals surface area contributed by atoms with E-state index in [9.17, 15) is 4.79 Å². The van der Waals surface area contributed by atoms with Crippen molar-refractivity contribution in [1.82, 2.24) is 20.2 Å². The van der Waals surface area contributed by atoms with Gasteiger partial charge >= 0.3 is 0 Å². The molecule has 9 heteroatoms. The molecule has 0 aliphatic heterocycles. The van der Waals surface area contributed by atoms with E-state index in [1.54, 1.807) is 13.3 Å². The van der Waals surface area contributed by atoms with Crippen LogP contribution < -0.4 is 10.2 Å². The van der Waals surface area contributed by atoms with Crippen LogP contribution in [-0.4, -0.2) is 39.7 Å². The van der Waals surface area contributed by atoms with E-state index in [0.29, 0.717) is 11.0 Å². The zero-order chi connectivity index (χ0) is 23.0. The highest BCUT2D eigenvalue weighted by molar-refractivity contribution is 9.10. The Kier molecular flexibility index (Phi) is 7.54. The number of nitrogens with zero attached hydrogens (tertiary/aromatic N) is 4. The van der Waals surface area contributed by atoms with Gasteiger partial charge < -0.3 is 4.74 Å². The molecule has 0 spiro atoms. The van der Waals surface area contributed by atoms with Crippen molar-refractivity contribution in [2.45, 2.75) is 5.16 Å². The average Bonchev–Trinajstić information content (AvgIpc) is 3.28. The molecule has 4 rings (SSSR count). The molecule has 0 unspecified atom stereocenters. The van der Waals surface area contributed by atoms with Gasteiger partial charge in [-0.05, 0) is 54.1 Å². The second-order valence-corrected chi connectivity index (χ2v) is 8.70. The lowest BCUT2D eigenvalue weighted by atomic mass is 10.2. The summed E-state index contributed by atoms with van der Waals surface area (Å²) < 4.78 is 8.17. The SMILES string of the molecule is COc1ccc(-c2nnc(SCC(=O)N/N=C/c3ccc(Br)cc3)n2-c2ccccc2)cc1. The molecule has 0 saturated heterocycles. The summed E-state index contributed by atoms with van der Waals surface area (Å²) in [6, 6.07) is 25.0. The van der Waals surface area contributed by atoms with Gasteiger partial charge in [0, 0.05) is 15.7 Å². The summed E-state index contributed by atoms with van der Waals surface area (Å²) in [5, 5.41) is 13.4. The van der Waals surface area contributed by atoms with Crippen molar-refractivity contribution in [3.8, 4) is 22.8 Å². The minimum absolute atomic E-state index is 0.144. The van der Waals surface area contributed by atoms with Gasteiger partial charge in [-0.15, -0.1) is 10.2 Å². The third kappa shape index (κ3) is 5.88. The first kappa shape index (κ1) is 22.8. The molecule has 0 fully saturated rings. The number of carbonyl (C=O) groups is 1. The fourth-order valence-corrected chi connectivity index (χ4v) is 4.00. The predicted octanol–water partition coefficient (Wildman–Crippen LogP) is 4.95. The van der Waals surface area contributed by atoms with Crippen LogP contribution in [0.2, 0.25) is 0 Å². The van der Waals surface area contributed by atoms with Crippen LogP contribution in [0.1, 0.15) is 5.56 Å². The van der Waals surface area contributed by atoms with Gasteiger partial charge in [-0.1, -0.05) is 58.0 Å². The predicted molar refractivity (Wildman–Crippen MR) is 134 cm³/mol. The number of hydrazone groups is 1. The van der Waals surface area contributed by atoms with Gasteiger partial charge in [0.2, 0.25) is 0 Å². The van der Waals surface area contributed by atoms with E-state index in [4.69, 9.17) is 4.74 Å². The van der Waals surface area contributed by atoms with Gasteiger partial charge in [0.1, 0.15) is 5.75 Å². The highest BCUT2D eigenvalue weighted by Gasteiger charge is 2.17. The fraction of sp³-hybridized carbons (Fsp3) is 0.0833. The van der Waals surface area contributed by atoms with Crippen LogP contribution in [0.4, 0.5) is 0 Å². The Morgan fingerprint density at radius 1 is 1.06 bits per heavy atom. The van der Waals surface area contributed by atoms with Gasteiger partial charge in [-0.25, -0.2) is 5.43 Å². The van der Waals surface area contributed by atoms with E-state index in [-0.39, 0.29) is 11.7 Å². The van der Waals surface area contributed by atoms with Crippen molar-refractivity contribution < 1.29 is 9.53 Å². The van der Waals surface area contributed by atoms with Crippen LogP contribution in [0.25, 0.3) is 17.1 Å². The molecular formula is C24H20BrN5O2S. The number of halogens is 1. The van der Waals surface area contributed by atoms with Crippen molar-refractivity contribution in [3.05, 3.63) is 88.9 Å². The number of hydrogen-bond donors (Lipinski definition) is 1. The number of nitrogens with one attached hydrogen (secondary N) is 1. The largest absolute Gasteiger partial charge is 0.497 e. The Morgan fingerprint density at radius 3 is 2.48 bits per heavy atom. The Balaban J connectivity index is 1.49. The lowest BCUT2D eigenvalue weighted by Gasteiger charge is -2.10. The van der Waals surface area contributed by atoms with Crippen LogP contribution in [0.15, 0.2) is 93.6 Å². The Morgan fingerprint density at radius 2 is 1.79 bits per heavy atom. The summed E-state index contributed by atoms with van der Waals surface area (Å²) in [6.07, 6.45) is 1.60. The first-order valence-corrected chi connectivity index (χ1v) is 11.8. The highest BCUT2D eigenvalue weighted by atomic mass is 79.9. The molecule has 0 saturated carbocycles.